The van der Waals surface area contributed by atoms with E-state index in [1.807, 2.05) is 65.5 Å². The second kappa shape index (κ2) is 10.1. The Balaban J connectivity index is 1.23. The molecule has 0 unspecified atom stereocenters. The third-order valence-electron chi connectivity index (χ3n) is 5.09. The fourth-order valence-corrected chi connectivity index (χ4v) is 3.40. The fourth-order valence-electron chi connectivity index (χ4n) is 3.40. The van der Waals surface area contributed by atoms with Gasteiger partial charge in [-0.3, -0.25) is 9.69 Å². The monoisotopic (exact) mass is 419 g/mol. The molecule has 0 saturated carbocycles. The van der Waals surface area contributed by atoms with Crippen molar-refractivity contribution in [2.24, 2.45) is 0 Å². The van der Waals surface area contributed by atoms with Gasteiger partial charge >= 0.3 is 5.97 Å². The number of benzene rings is 2. The quantitative estimate of drug-likeness (QED) is 0.596. The van der Waals surface area contributed by atoms with Crippen LogP contribution in [0.5, 0.6) is 0 Å². The summed E-state index contributed by atoms with van der Waals surface area (Å²) in [5, 5.41) is 2.75. The number of rotatable bonds is 7. The topological polar surface area (TPSA) is 72.8 Å². The van der Waals surface area contributed by atoms with Crippen LogP contribution in [0.25, 0.3) is 5.69 Å². The minimum Gasteiger partial charge on any atom is -0.452 e. The summed E-state index contributed by atoms with van der Waals surface area (Å²) in [4.78, 5) is 26.7. The predicted molar refractivity (Wildman–Crippen MR) is 117 cm³/mol. The van der Waals surface area contributed by atoms with Crippen molar-refractivity contribution in [2.75, 3.05) is 38.2 Å². The first-order valence-corrected chi connectivity index (χ1v) is 10.3. The highest BCUT2D eigenvalue weighted by Gasteiger charge is 2.12. The number of hydrogen-bond donors (Lipinski definition) is 1. The molecule has 1 aliphatic heterocycles. The van der Waals surface area contributed by atoms with Crippen LogP contribution in [-0.2, 0) is 20.8 Å². The molecule has 0 radical (unpaired) electrons. The number of carbonyl (C=O) groups excluding carboxylic acids is 2. The normalized spacial score (nSPS) is 14.2. The Bertz CT molecular complexity index is 992. The number of aromatic nitrogens is 1. The molecule has 4 rings (SSSR count). The van der Waals surface area contributed by atoms with Crippen molar-refractivity contribution >= 4 is 17.6 Å². The minimum absolute atomic E-state index is 0.340. The molecule has 2 aromatic carbocycles. The highest BCUT2D eigenvalue weighted by Crippen LogP contribution is 2.13. The molecule has 1 amide bonds. The number of hydrogen-bond acceptors (Lipinski definition) is 5. The Labute approximate surface area is 181 Å². The summed E-state index contributed by atoms with van der Waals surface area (Å²) in [6, 6.07) is 18.6. The van der Waals surface area contributed by atoms with Crippen molar-refractivity contribution in [1.29, 1.82) is 0 Å². The summed E-state index contributed by atoms with van der Waals surface area (Å²) in [6.45, 7) is 3.91. The lowest BCUT2D eigenvalue weighted by atomic mass is 10.2. The molecule has 7 nitrogen and oxygen atoms in total. The molecule has 0 spiro atoms. The van der Waals surface area contributed by atoms with E-state index in [4.69, 9.17) is 9.47 Å². The van der Waals surface area contributed by atoms with Crippen LogP contribution in [0, 0.1) is 0 Å². The number of ether oxygens (including phenoxy) is 2. The highest BCUT2D eigenvalue weighted by atomic mass is 16.5. The zero-order chi connectivity index (χ0) is 21.5. The van der Waals surface area contributed by atoms with E-state index in [1.54, 1.807) is 12.1 Å². The van der Waals surface area contributed by atoms with Crippen LogP contribution < -0.4 is 5.32 Å². The Morgan fingerprint density at radius 1 is 0.935 bits per heavy atom. The van der Waals surface area contributed by atoms with Gasteiger partial charge in [-0.2, -0.15) is 0 Å². The predicted octanol–water partition coefficient (Wildman–Crippen LogP) is 3.11. The molecule has 1 N–H and O–H groups in total. The van der Waals surface area contributed by atoms with E-state index in [0.29, 0.717) is 11.3 Å². The van der Waals surface area contributed by atoms with Crippen molar-refractivity contribution in [3.63, 3.8) is 0 Å². The lowest BCUT2D eigenvalue weighted by Crippen LogP contribution is -2.35. The number of nitrogens with zero attached hydrogens (tertiary/aromatic N) is 2. The van der Waals surface area contributed by atoms with Gasteiger partial charge in [-0.15, -0.1) is 0 Å². The molecular weight excluding hydrogens is 394 g/mol. The van der Waals surface area contributed by atoms with E-state index < -0.39 is 5.97 Å². The minimum atomic E-state index is -0.532. The van der Waals surface area contributed by atoms with Gasteiger partial charge in [0.15, 0.2) is 6.61 Å². The van der Waals surface area contributed by atoms with E-state index in [2.05, 4.69) is 10.2 Å². The molecule has 2 heterocycles. The van der Waals surface area contributed by atoms with Crippen molar-refractivity contribution in [2.45, 2.75) is 6.54 Å². The van der Waals surface area contributed by atoms with E-state index in [1.165, 1.54) is 5.56 Å². The first-order valence-electron chi connectivity index (χ1n) is 10.3. The highest BCUT2D eigenvalue weighted by molar-refractivity contribution is 5.95. The maximum atomic E-state index is 12.2. The summed E-state index contributed by atoms with van der Waals surface area (Å²) >= 11 is 0. The molecule has 160 valence electrons. The molecule has 3 aromatic rings. The summed E-state index contributed by atoms with van der Waals surface area (Å²) in [5.41, 5.74) is 3.19. The molecule has 1 fully saturated rings. The zero-order valence-electron chi connectivity index (χ0n) is 17.2. The van der Waals surface area contributed by atoms with Gasteiger partial charge in [0.1, 0.15) is 0 Å². The van der Waals surface area contributed by atoms with Gasteiger partial charge in [-0.05, 0) is 54.1 Å². The van der Waals surface area contributed by atoms with Crippen LogP contribution in [0.1, 0.15) is 15.9 Å². The Hall–Kier alpha value is -3.42. The van der Waals surface area contributed by atoms with Gasteiger partial charge in [0.05, 0.1) is 18.8 Å². The van der Waals surface area contributed by atoms with Gasteiger partial charge in [0, 0.05) is 43.4 Å². The Kier molecular flexibility index (Phi) is 6.76. The molecule has 1 aromatic heterocycles. The second-order valence-electron chi connectivity index (χ2n) is 7.35. The molecule has 0 bridgehead atoms. The van der Waals surface area contributed by atoms with Crippen molar-refractivity contribution in [1.82, 2.24) is 9.47 Å². The number of nitrogens with one attached hydrogen (secondary N) is 1. The van der Waals surface area contributed by atoms with E-state index in [9.17, 15) is 9.59 Å². The first kappa shape index (κ1) is 20.8. The van der Waals surface area contributed by atoms with Crippen LogP contribution in [0.4, 0.5) is 5.69 Å². The smallest absolute Gasteiger partial charge is 0.338 e. The van der Waals surface area contributed by atoms with Gasteiger partial charge < -0.3 is 19.4 Å². The lowest BCUT2D eigenvalue weighted by Gasteiger charge is -2.26. The molecule has 1 saturated heterocycles. The van der Waals surface area contributed by atoms with Gasteiger partial charge in [0.2, 0.25) is 0 Å². The van der Waals surface area contributed by atoms with Crippen molar-refractivity contribution in [3.8, 4) is 5.69 Å². The van der Waals surface area contributed by atoms with Crippen LogP contribution >= 0.6 is 0 Å². The van der Waals surface area contributed by atoms with Gasteiger partial charge in [-0.1, -0.05) is 12.1 Å². The third-order valence-corrected chi connectivity index (χ3v) is 5.09. The van der Waals surface area contributed by atoms with E-state index in [0.717, 1.165) is 38.5 Å². The third kappa shape index (κ3) is 5.81. The summed E-state index contributed by atoms with van der Waals surface area (Å²) in [7, 11) is 0. The Morgan fingerprint density at radius 3 is 2.29 bits per heavy atom. The van der Waals surface area contributed by atoms with Crippen LogP contribution in [0.3, 0.4) is 0 Å². The zero-order valence-corrected chi connectivity index (χ0v) is 17.2. The maximum absolute atomic E-state index is 12.2. The lowest BCUT2D eigenvalue weighted by molar-refractivity contribution is -0.119. The maximum Gasteiger partial charge on any atom is 0.338 e. The molecule has 7 heteroatoms. The first-order chi connectivity index (χ1) is 15.2. The molecule has 1 aliphatic rings. The SMILES string of the molecule is O=C(COC(=O)c1ccc(-n2cccc2)cc1)Nc1ccc(CN2CCOCC2)cc1. The average molecular weight is 419 g/mol. The molecule has 0 aliphatic carbocycles. The van der Waals surface area contributed by atoms with Gasteiger partial charge in [0.25, 0.3) is 5.91 Å². The second-order valence-corrected chi connectivity index (χ2v) is 7.35. The molecule has 31 heavy (non-hydrogen) atoms. The van der Waals surface area contributed by atoms with E-state index in [-0.39, 0.29) is 12.5 Å². The summed E-state index contributed by atoms with van der Waals surface area (Å²) in [5.74, 6) is -0.909. The average Bonchev–Trinajstić information content (AvgIpc) is 3.35. The van der Waals surface area contributed by atoms with Crippen LogP contribution in [-0.4, -0.2) is 54.3 Å². The van der Waals surface area contributed by atoms with Crippen LogP contribution in [0.15, 0.2) is 73.1 Å². The van der Waals surface area contributed by atoms with Crippen LogP contribution in [0.2, 0.25) is 0 Å². The fraction of sp³-hybridized carbons (Fsp3) is 0.250. The van der Waals surface area contributed by atoms with Crippen molar-refractivity contribution < 1.29 is 19.1 Å². The van der Waals surface area contributed by atoms with Crippen molar-refractivity contribution in [3.05, 3.63) is 84.2 Å². The summed E-state index contributed by atoms with van der Waals surface area (Å²) in [6.07, 6.45) is 3.85. The molecular formula is C24H25N3O4. The van der Waals surface area contributed by atoms with E-state index >= 15 is 0 Å². The summed E-state index contributed by atoms with van der Waals surface area (Å²) < 4.78 is 12.4. The largest absolute Gasteiger partial charge is 0.452 e. The van der Waals surface area contributed by atoms with Gasteiger partial charge in [-0.25, -0.2) is 4.79 Å². The standard InChI is InChI=1S/C24H25N3O4/c28-23(25-21-7-3-19(4-8-21)17-26-13-15-30-16-14-26)18-31-24(29)20-5-9-22(10-6-20)27-11-1-2-12-27/h1-12H,13-18H2,(H,25,28). The number of anilines is 1. The number of esters is 1. The molecule has 0 atom stereocenters. The number of morpholine rings is 1. The number of amides is 1. The Morgan fingerprint density at radius 2 is 1.61 bits per heavy atom. The number of carbonyl (C=O) groups is 2.